The molecular weight excluding hydrogens is 374 g/mol. The summed E-state index contributed by atoms with van der Waals surface area (Å²) in [6.45, 7) is 0.981. The van der Waals surface area contributed by atoms with E-state index in [1.807, 2.05) is 43.3 Å². The smallest absolute Gasteiger partial charge is 0.291 e. The summed E-state index contributed by atoms with van der Waals surface area (Å²) >= 11 is 1.55. The standard InChI is InChI=1S/C21H23N3O3S/c1-24(2)18-9-3-15(4-10-18)13-22-20(25)16-5-7-17(8-6-16)23-21(26)19-14-28-12-11-27-19/h3-10,14H,11-13H2,1-2H3,(H,22,25)(H,23,26). The van der Waals surface area contributed by atoms with Crippen LogP contribution in [0.2, 0.25) is 0 Å². The molecule has 0 aliphatic carbocycles. The molecule has 0 radical (unpaired) electrons. The summed E-state index contributed by atoms with van der Waals surface area (Å²) in [7, 11) is 3.97. The van der Waals surface area contributed by atoms with Crippen molar-refractivity contribution in [1.82, 2.24) is 5.32 Å². The monoisotopic (exact) mass is 397 g/mol. The summed E-state index contributed by atoms with van der Waals surface area (Å²) in [5.41, 5.74) is 3.29. The molecule has 7 heteroatoms. The van der Waals surface area contributed by atoms with Crippen molar-refractivity contribution in [2.24, 2.45) is 0 Å². The molecular formula is C21H23N3O3S. The minimum Gasteiger partial charge on any atom is -0.487 e. The lowest BCUT2D eigenvalue weighted by Gasteiger charge is -2.14. The number of benzene rings is 2. The molecule has 0 atom stereocenters. The molecule has 0 spiro atoms. The molecule has 0 bridgehead atoms. The summed E-state index contributed by atoms with van der Waals surface area (Å²) in [5, 5.41) is 7.39. The van der Waals surface area contributed by atoms with E-state index in [-0.39, 0.29) is 11.8 Å². The zero-order valence-corrected chi connectivity index (χ0v) is 16.7. The number of nitrogens with one attached hydrogen (secondary N) is 2. The van der Waals surface area contributed by atoms with Crippen LogP contribution in [0.5, 0.6) is 0 Å². The predicted octanol–water partition coefficient (Wildman–Crippen LogP) is 3.23. The number of thioether (sulfide) groups is 1. The summed E-state index contributed by atoms with van der Waals surface area (Å²) < 4.78 is 5.33. The summed E-state index contributed by atoms with van der Waals surface area (Å²) in [6, 6.07) is 14.8. The van der Waals surface area contributed by atoms with Gasteiger partial charge in [-0.3, -0.25) is 9.59 Å². The van der Waals surface area contributed by atoms with Crippen molar-refractivity contribution in [3.05, 3.63) is 70.8 Å². The molecule has 146 valence electrons. The van der Waals surface area contributed by atoms with Gasteiger partial charge in [-0.25, -0.2) is 0 Å². The van der Waals surface area contributed by atoms with Gasteiger partial charge in [0.1, 0.15) is 0 Å². The van der Waals surface area contributed by atoms with Crippen LogP contribution in [0.4, 0.5) is 11.4 Å². The van der Waals surface area contributed by atoms with Crippen LogP contribution in [-0.2, 0) is 16.1 Å². The van der Waals surface area contributed by atoms with Crippen molar-refractivity contribution < 1.29 is 14.3 Å². The average molecular weight is 398 g/mol. The Morgan fingerprint density at radius 1 is 1.04 bits per heavy atom. The number of amides is 2. The third-order valence-electron chi connectivity index (χ3n) is 4.18. The summed E-state index contributed by atoms with van der Waals surface area (Å²) in [4.78, 5) is 26.5. The number of ether oxygens (including phenoxy) is 1. The Kier molecular flexibility index (Phi) is 6.60. The van der Waals surface area contributed by atoms with Gasteiger partial charge in [-0.1, -0.05) is 12.1 Å². The van der Waals surface area contributed by atoms with Gasteiger partial charge in [0.25, 0.3) is 11.8 Å². The quantitative estimate of drug-likeness (QED) is 0.783. The molecule has 28 heavy (non-hydrogen) atoms. The Balaban J connectivity index is 1.53. The van der Waals surface area contributed by atoms with E-state index in [2.05, 4.69) is 10.6 Å². The Bertz CT molecular complexity index is 861. The highest BCUT2D eigenvalue weighted by Gasteiger charge is 2.14. The van der Waals surface area contributed by atoms with Gasteiger partial charge in [-0.2, -0.15) is 0 Å². The molecule has 6 nitrogen and oxygen atoms in total. The Morgan fingerprint density at radius 3 is 2.36 bits per heavy atom. The van der Waals surface area contributed by atoms with Crippen LogP contribution in [0.15, 0.2) is 59.7 Å². The third-order valence-corrected chi connectivity index (χ3v) is 4.97. The Morgan fingerprint density at radius 2 is 1.75 bits per heavy atom. The van der Waals surface area contributed by atoms with E-state index in [9.17, 15) is 9.59 Å². The summed E-state index contributed by atoms with van der Waals surface area (Å²) in [5.74, 6) is 0.716. The molecule has 2 N–H and O–H groups in total. The predicted molar refractivity (Wildman–Crippen MR) is 114 cm³/mol. The van der Waals surface area contributed by atoms with Crippen LogP contribution in [0, 0.1) is 0 Å². The summed E-state index contributed by atoms with van der Waals surface area (Å²) in [6.07, 6.45) is 0. The Labute approximate surface area is 168 Å². The van der Waals surface area contributed by atoms with Crippen LogP contribution in [-0.4, -0.2) is 38.3 Å². The van der Waals surface area contributed by atoms with Gasteiger partial charge in [0.15, 0.2) is 5.76 Å². The Hall–Kier alpha value is -2.93. The largest absolute Gasteiger partial charge is 0.487 e. The van der Waals surface area contributed by atoms with Gasteiger partial charge < -0.3 is 20.3 Å². The number of hydrogen-bond acceptors (Lipinski definition) is 5. The molecule has 3 rings (SSSR count). The van der Waals surface area contributed by atoms with Crippen LogP contribution in [0.25, 0.3) is 0 Å². The molecule has 1 aliphatic rings. The molecule has 2 aromatic rings. The first kappa shape index (κ1) is 19.8. The van der Waals surface area contributed by atoms with Crippen molar-refractivity contribution in [2.45, 2.75) is 6.54 Å². The van der Waals surface area contributed by atoms with Crippen LogP contribution in [0.3, 0.4) is 0 Å². The number of carbonyl (C=O) groups excluding carboxylic acids is 2. The van der Waals surface area contributed by atoms with E-state index in [4.69, 9.17) is 4.74 Å². The maximum absolute atomic E-state index is 12.3. The molecule has 0 aromatic heterocycles. The number of rotatable bonds is 6. The molecule has 2 amide bonds. The van der Waals surface area contributed by atoms with E-state index in [1.54, 1.807) is 41.4 Å². The van der Waals surface area contributed by atoms with E-state index >= 15 is 0 Å². The fourth-order valence-electron chi connectivity index (χ4n) is 2.58. The molecule has 1 aliphatic heterocycles. The second-order valence-corrected chi connectivity index (χ2v) is 7.45. The van der Waals surface area contributed by atoms with Crippen molar-refractivity contribution >= 4 is 35.0 Å². The lowest BCUT2D eigenvalue weighted by Crippen LogP contribution is -2.23. The molecule has 0 fully saturated rings. The van der Waals surface area contributed by atoms with E-state index in [0.29, 0.717) is 30.2 Å². The van der Waals surface area contributed by atoms with Gasteiger partial charge in [0.05, 0.1) is 6.61 Å². The van der Waals surface area contributed by atoms with Gasteiger partial charge in [0, 0.05) is 48.7 Å². The van der Waals surface area contributed by atoms with E-state index in [0.717, 1.165) is 17.0 Å². The average Bonchev–Trinajstić information content (AvgIpc) is 2.73. The number of hydrogen-bond donors (Lipinski definition) is 2. The number of nitrogens with zero attached hydrogens (tertiary/aromatic N) is 1. The fraction of sp³-hybridized carbons (Fsp3) is 0.238. The molecule has 0 saturated heterocycles. The van der Waals surface area contributed by atoms with Crippen LogP contribution in [0.1, 0.15) is 15.9 Å². The highest BCUT2D eigenvalue weighted by Crippen LogP contribution is 2.18. The number of anilines is 2. The molecule has 0 saturated carbocycles. The topological polar surface area (TPSA) is 70.7 Å². The molecule has 1 heterocycles. The first-order valence-electron chi connectivity index (χ1n) is 8.93. The van der Waals surface area contributed by atoms with Crippen LogP contribution < -0.4 is 15.5 Å². The normalized spacial score (nSPS) is 13.1. The lowest BCUT2D eigenvalue weighted by molar-refractivity contribution is -0.116. The van der Waals surface area contributed by atoms with Crippen LogP contribution >= 0.6 is 11.8 Å². The van der Waals surface area contributed by atoms with Gasteiger partial charge in [-0.15, -0.1) is 11.8 Å². The first-order valence-corrected chi connectivity index (χ1v) is 9.98. The zero-order chi connectivity index (χ0) is 19.9. The van der Waals surface area contributed by atoms with Crippen molar-refractivity contribution in [3.8, 4) is 0 Å². The van der Waals surface area contributed by atoms with E-state index in [1.165, 1.54) is 0 Å². The molecule has 0 unspecified atom stereocenters. The maximum Gasteiger partial charge on any atom is 0.291 e. The van der Waals surface area contributed by atoms with Gasteiger partial charge >= 0.3 is 0 Å². The second kappa shape index (κ2) is 9.32. The van der Waals surface area contributed by atoms with Crippen molar-refractivity contribution in [1.29, 1.82) is 0 Å². The third kappa shape index (κ3) is 5.29. The second-order valence-electron chi connectivity index (χ2n) is 6.48. The van der Waals surface area contributed by atoms with Gasteiger partial charge in [0.2, 0.25) is 0 Å². The highest BCUT2D eigenvalue weighted by atomic mass is 32.2. The maximum atomic E-state index is 12.3. The number of carbonyl (C=O) groups is 2. The highest BCUT2D eigenvalue weighted by molar-refractivity contribution is 8.02. The fourth-order valence-corrected chi connectivity index (χ4v) is 3.21. The zero-order valence-electron chi connectivity index (χ0n) is 15.9. The van der Waals surface area contributed by atoms with Crippen molar-refractivity contribution in [2.75, 3.05) is 36.7 Å². The lowest BCUT2D eigenvalue weighted by atomic mass is 10.1. The minimum absolute atomic E-state index is 0.163. The SMILES string of the molecule is CN(C)c1ccc(CNC(=O)c2ccc(NC(=O)C3=CSCCO3)cc2)cc1. The van der Waals surface area contributed by atoms with E-state index < -0.39 is 0 Å². The van der Waals surface area contributed by atoms with Crippen molar-refractivity contribution in [3.63, 3.8) is 0 Å². The molecule has 2 aromatic carbocycles. The first-order chi connectivity index (χ1) is 13.5. The minimum atomic E-state index is -0.287. The van der Waals surface area contributed by atoms with Gasteiger partial charge in [-0.05, 0) is 42.0 Å².